The zero-order valence-electron chi connectivity index (χ0n) is 9.52. The number of rotatable bonds is 2. The van der Waals surface area contributed by atoms with Crippen molar-refractivity contribution in [3.63, 3.8) is 0 Å². The molecule has 0 aliphatic heterocycles. The van der Waals surface area contributed by atoms with E-state index in [1.165, 1.54) is 6.07 Å². The van der Waals surface area contributed by atoms with Crippen molar-refractivity contribution >= 4 is 11.2 Å². The minimum Gasteiger partial charge on any atom is -0.494 e. The summed E-state index contributed by atoms with van der Waals surface area (Å²) in [5, 5.41) is 0. The van der Waals surface area contributed by atoms with E-state index in [4.69, 9.17) is 9.15 Å². The molecule has 0 N–H and O–H groups in total. The van der Waals surface area contributed by atoms with E-state index in [1.54, 1.807) is 12.1 Å². The van der Waals surface area contributed by atoms with Crippen molar-refractivity contribution in [2.24, 2.45) is 0 Å². The fraction of sp³-hybridized carbons (Fsp3) is 0.143. The van der Waals surface area contributed by atoms with E-state index in [1.807, 2.05) is 37.3 Å². The highest BCUT2D eigenvalue weighted by molar-refractivity contribution is 5.60. The van der Waals surface area contributed by atoms with Crippen LogP contribution in [-0.4, -0.2) is 6.61 Å². The summed E-state index contributed by atoms with van der Waals surface area (Å²) in [7, 11) is 0. The minimum absolute atomic E-state index is 0.262. The molecule has 0 atom stereocenters. The average Bonchev–Trinajstić information content (AvgIpc) is 2.93. The van der Waals surface area contributed by atoms with Crippen LogP contribution in [-0.2, 0) is 0 Å². The fourth-order valence-corrected chi connectivity index (χ4v) is 1.44. The first-order valence-electron chi connectivity index (χ1n) is 5.45. The topological polar surface area (TPSA) is 22.4 Å². The smallest absolute Gasteiger partial charge is 0.169 e. The van der Waals surface area contributed by atoms with E-state index in [0.29, 0.717) is 11.2 Å². The molecule has 3 rings (SSSR count). The molecule has 0 aliphatic carbocycles. The molecule has 17 heavy (non-hydrogen) atoms. The second kappa shape index (κ2) is 5.34. The van der Waals surface area contributed by atoms with E-state index < -0.39 is 0 Å². The molecule has 0 fully saturated rings. The van der Waals surface area contributed by atoms with Crippen LogP contribution in [0.1, 0.15) is 6.92 Å². The van der Waals surface area contributed by atoms with Crippen molar-refractivity contribution in [3.05, 3.63) is 54.3 Å². The Morgan fingerprint density at radius 1 is 1.12 bits per heavy atom. The van der Waals surface area contributed by atoms with E-state index in [9.17, 15) is 4.39 Å². The van der Waals surface area contributed by atoms with Gasteiger partial charge < -0.3 is 9.15 Å². The third-order valence-corrected chi connectivity index (χ3v) is 2.19. The quantitative estimate of drug-likeness (QED) is 0.663. The summed E-state index contributed by atoms with van der Waals surface area (Å²) in [6.07, 6.45) is 0. The number of halogens is 1. The molecule has 0 amide bonds. The van der Waals surface area contributed by atoms with Gasteiger partial charge in [-0.1, -0.05) is 18.2 Å². The maximum atomic E-state index is 12.2. The van der Waals surface area contributed by atoms with Crippen LogP contribution in [0.15, 0.2) is 52.9 Å². The number of ether oxygens (including phenoxy) is 1. The molecule has 3 aromatic rings. The molecule has 0 spiro atoms. The summed E-state index contributed by atoms with van der Waals surface area (Å²) < 4.78 is 22.3. The Bertz CT molecular complexity index is 545. The highest BCUT2D eigenvalue weighted by Crippen LogP contribution is 2.19. The molecular formula is C14H13FO2. The van der Waals surface area contributed by atoms with E-state index in [-0.39, 0.29) is 5.82 Å². The highest BCUT2D eigenvalue weighted by Gasteiger charge is 2.03. The van der Waals surface area contributed by atoms with Crippen LogP contribution in [0.4, 0.5) is 4.39 Å². The SMILES string of the molecule is CCOc1ccccc1.Fc1cc2ccc1o2. The van der Waals surface area contributed by atoms with Gasteiger partial charge in [-0.2, -0.15) is 0 Å². The molecule has 2 heterocycles. The minimum atomic E-state index is -0.262. The first-order chi connectivity index (χ1) is 8.29. The van der Waals surface area contributed by atoms with Gasteiger partial charge in [-0.25, -0.2) is 4.39 Å². The molecule has 0 aliphatic rings. The Balaban J connectivity index is 0.000000127. The first kappa shape index (κ1) is 11.5. The van der Waals surface area contributed by atoms with E-state index in [2.05, 4.69) is 0 Å². The fourth-order valence-electron chi connectivity index (χ4n) is 1.44. The third-order valence-electron chi connectivity index (χ3n) is 2.19. The maximum Gasteiger partial charge on any atom is 0.169 e. The van der Waals surface area contributed by atoms with Crippen molar-refractivity contribution in [2.75, 3.05) is 6.61 Å². The van der Waals surface area contributed by atoms with Gasteiger partial charge in [0, 0.05) is 6.07 Å². The lowest BCUT2D eigenvalue weighted by Gasteiger charge is -1.99. The van der Waals surface area contributed by atoms with E-state index in [0.717, 1.165) is 12.4 Å². The van der Waals surface area contributed by atoms with Gasteiger partial charge in [0.25, 0.3) is 0 Å². The van der Waals surface area contributed by atoms with Crippen molar-refractivity contribution in [3.8, 4) is 5.75 Å². The average molecular weight is 232 g/mol. The molecule has 0 saturated heterocycles. The summed E-state index contributed by atoms with van der Waals surface area (Å²) in [6.45, 7) is 2.72. The van der Waals surface area contributed by atoms with Gasteiger partial charge in [0.2, 0.25) is 0 Å². The van der Waals surface area contributed by atoms with Crippen LogP contribution in [0.2, 0.25) is 0 Å². The number of furan rings is 2. The van der Waals surface area contributed by atoms with Crippen LogP contribution >= 0.6 is 0 Å². The van der Waals surface area contributed by atoms with Gasteiger partial charge >= 0.3 is 0 Å². The number of para-hydroxylation sites is 1. The lowest BCUT2D eigenvalue weighted by molar-refractivity contribution is 0.340. The van der Waals surface area contributed by atoms with Crippen molar-refractivity contribution < 1.29 is 13.5 Å². The normalized spacial score (nSPS) is 10.0. The molecule has 0 radical (unpaired) electrons. The third kappa shape index (κ3) is 2.97. The van der Waals surface area contributed by atoms with E-state index >= 15 is 0 Å². The van der Waals surface area contributed by atoms with Crippen molar-refractivity contribution in [2.45, 2.75) is 6.92 Å². The van der Waals surface area contributed by atoms with Crippen molar-refractivity contribution in [1.29, 1.82) is 0 Å². The van der Waals surface area contributed by atoms with Crippen LogP contribution < -0.4 is 4.74 Å². The zero-order valence-corrected chi connectivity index (χ0v) is 9.52. The summed E-state index contributed by atoms with van der Waals surface area (Å²) >= 11 is 0. The molecule has 88 valence electrons. The molecule has 0 unspecified atom stereocenters. The van der Waals surface area contributed by atoms with Crippen LogP contribution in [0.3, 0.4) is 0 Å². The molecule has 2 bridgehead atoms. The number of hydrogen-bond acceptors (Lipinski definition) is 2. The lowest BCUT2D eigenvalue weighted by atomic mass is 10.3. The standard InChI is InChI=1S/C8H10O.C6H3FO/c1-2-9-8-6-4-3-5-7-8;7-5-3-4-1-2-6(5)8-4/h3-7H,2H2,1H3;1-3H. The van der Waals surface area contributed by atoms with Gasteiger partial charge in [0.05, 0.1) is 6.61 Å². The Morgan fingerprint density at radius 2 is 1.88 bits per heavy atom. The van der Waals surface area contributed by atoms with Crippen LogP contribution in [0.5, 0.6) is 5.75 Å². The van der Waals surface area contributed by atoms with Gasteiger partial charge in [0.1, 0.15) is 11.3 Å². The number of benzene rings is 2. The van der Waals surface area contributed by atoms with Crippen LogP contribution in [0, 0.1) is 5.82 Å². The summed E-state index contributed by atoms with van der Waals surface area (Å²) in [5.41, 5.74) is 0.956. The molecule has 0 saturated carbocycles. The van der Waals surface area contributed by atoms with Gasteiger partial charge in [-0.15, -0.1) is 0 Å². The molecular weight excluding hydrogens is 219 g/mol. The van der Waals surface area contributed by atoms with Crippen LogP contribution in [0.25, 0.3) is 11.2 Å². The molecule has 1 aromatic carbocycles. The van der Waals surface area contributed by atoms with Gasteiger partial charge in [-0.3, -0.25) is 0 Å². The summed E-state index contributed by atoms with van der Waals surface area (Å²) in [4.78, 5) is 0. The zero-order chi connectivity index (χ0) is 12.1. The second-order valence-electron chi connectivity index (χ2n) is 3.44. The Hall–Kier alpha value is -2.03. The molecule has 2 aromatic heterocycles. The van der Waals surface area contributed by atoms with Gasteiger partial charge in [-0.05, 0) is 31.2 Å². The molecule has 2 nitrogen and oxygen atoms in total. The monoisotopic (exact) mass is 232 g/mol. The Kier molecular flexibility index (Phi) is 3.60. The second-order valence-corrected chi connectivity index (χ2v) is 3.44. The largest absolute Gasteiger partial charge is 0.494 e. The highest BCUT2D eigenvalue weighted by atomic mass is 19.1. The Morgan fingerprint density at radius 3 is 2.29 bits per heavy atom. The predicted octanol–water partition coefficient (Wildman–Crippen LogP) is 4.10. The number of fused-ring (bicyclic) bond motifs is 2. The number of hydrogen-bond donors (Lipinski definition) is 0. The summed E-state index contributed by atoms with van der Waals surface area (Å²) in [6, 6.07) is 14.5. The van der Waals surface area contributed by atoms with Crippen molar-refractivity contribution in [1.82, 2.24) is 0 Å². The Labute approximate surface area is 99.0 Å². The maximum absolute atomic E-state index is 12.2. The van der Waals surface area contributed by atoms with Gasteiger partial charge in [0.15, 0.2) is 11.4 Å². The predicted molar refractivity (Wildman–Crippen MR) is 65.0 cm³/mol. The first-order valence-corrected chi connectivity index (χ1v) is 5.45. The summed E-state index contributed by atoms with van der Waals surface area (Å²) in [5.74, 6) is 0.683. The molecule has 3 heteroatoms. The lowest BCUT2D eigenvalue weighted by Crippen LogP contribution is -1.89.